The Bertz CT molecular complexity index is 187. The summed E-state index contributed by atoms with van der Waals surface area (Å²) < 4.78 is 30.1. The molecule has 0 saturated heterocycles. The SMILES string of the molecule is CCN(CCN)S(=O)(=O)O.[H-].[Na+]. The summed E-state index contributed by atoms with van der Waals surface area (Å²) in [5, 5.41) is 0. The third-order valence-electron chi connectivity index (χ3n) is 1.06. The average molecular weight is 192 g/mol. The van der Waals surface area contributed by atoms with E-state index in [2.05, 4.69) is 0 Å². The molecule has 0 atom stereocenters. The van der Waals surface area contributed by atoms with Crippen LogP contribution in [0.2, 0.25) is 0 Å². The van der Waals surface area contributed by atoms with Crippen LogP contribution in [0.4, 0.5) is 0 Å². The van der Waals surface area contributed by atoms with Crippen molar-refractivity contribution in [3.8, 4) is 0 Å². The van der Waals surface area contributed by atoms with Gasteiger partial charge in [0.25, 0.3) is 0 Å². The van der Waals surface area contributed by atoms with Gasteiger partial charge in [0.2, 0.25) is 0 Å². The Morgan fingerprint density at radius 2 is 2.09 bits per heavy atom. The quantitative estimate of drug-likeness (QED) is 0.353. The van der Waals surface area contributed by atoms with Crippen molar-refractivity contribution in [2.24, 2.45) is 5.73 Å². The van der Waals surface area contributed by atoms with Gasteiger partial charge in [0, 0.05) is 19.6 Å². The van der Waals surface area contributed by atoms with Crippen LogP contribution in [0.5, 0.6) is 0 Å². The first-order valence-corrected chi connectivity index (χ1v) is 4.34. The minimum atomic E-state index is -4.02. The van der Waals surface area contributed by atoms with Gasteiger partial charge in [0.1, 0.15) is 0 Å². The average Bonchev–Trinajstić information content (AvgIpc) is 1.80. The van der Waals surface area contributed by atoms with Crippen molar-refractivity contribution in [1.29, 1.82) is 0 Å². The summed E-state index contributed by atoms with van der Waals surface area (Å²) >= 11 is 0. The zero-order valence-electron chi connectivity index (χ0n) is 7.82. The second-order valence-electron chi connectivity index (χ2n) is 1.76. The van der Waals surface area contributed by atoms with Gasteiger partial charge in [-0.05, 0) is 0 Å². The Labute approximate surface area is 90.6 Å². The summed E-state index contributed by atoms with van der Waals surface area (Å²) in [6, 6.07) is 0. The first kappa shape index (κ1) is 14.4. The fourth-order valence-corrected chi connectivity index (χ4v) is 1.24. The maximum Gasteiger partial charge on any atom is 1.00 e. The van der Waals surface area contributed by atoms with Gasteiger partial charge in [-0.25, -0.2) is 0 Å². The first-order valence-electron chi connectivity index (χ1n) is 2.95. The summed E-state index contributed by atoms with van der Waals surface area (Å²) in [6.07, 6.45) is 0. The van der Waals surface area contributed by atoms with Crippen molar-refractivity contribution in [3.05, 3.63) is 0 Å². The number of rotatable bonds is 4. The van der Waals surface area contributed by atoms with E-state index in [-0.39, 0.29) is 50.6 Å². The molecule has 0 fully saturated rings. The van der Waals surface area contributed by atoms with Gasteiger partial charge in [0.05, 0.1) is 0 Å². The summed E-state index contributed by atoms with van der Waals surface area (Å²) in [5.74, 6) is 0. The minimum Gasteiger partial charge on any atom is -1.00 e. The molecule has 0 bridgehead atoms. The van der Waals surface area contributed by atoms with Crippen LogP contribution >= 0.6 is 0 Å². The van der Waals surface area contributed by atoms with Crippen molar-refractivity contribution < 1.29 is 44.0 Å². The number of likely N-dealkylation sites (N-methyl/N-ethyl adjacent to an activating group) is 1. The van der Waals surface area contributed by atoms with Crippen LogP contribution in [0.3, 0.4) is 0 Å². The molecule has 0 saturated carbocycles. The van der Waals surface area contributed by atoms with Gasteiger partial charge in [-0.3, -0.25) is 4.55 Å². The molecule has 0 aliphatic heterocycles. The van der Waals surface area contributed by atoms with E-state index in [9.17, 15) is 8.42 Å². The Kier molecular flexibility index (Phi) is 8.30. The van der Waals surface area contributed by atoms with Crippen LogP contribution in [0.15, 0.2) is 0 Å². The molecule has 5 nitrogen and oxygen atoms in total. The maximum absolute atomic E-state index is 10.4. The van der Waals surface area contributed by atoms with Gasteiger partial charge in [-0.15, -0.1) is 0 Å². The molecule has 0 spiro atoms. The summed E-state index contributed by atoms with van der Waals surface area (Å²) in [4.78, 5) is 0. The summed E-state index contributed by atoms with van der Waals surface area (Å²) in [7, 11) is -4.02. The van der Waals surface area contributed by atoms with Crippen LogP contribution in [-0.2, 0) is 10.3 Å². The molecule has 0 amide bonds. The first-order chi connectivity index (χ1) is 4.52. The molecule has 0 aromatic heterocycles. The van der Waals surface area contributed by atoms with Crippen molar-refractivity contribution in [1.82, 2.24) is 4.31 Å². The molecule has 0 aromatic carbocycles. The standard InChI is InChI=1S/C4H12N2O3S.Na.H/c1-2-6(4-3-5)10(7,8)9;;/h2-5H2,1H3,(H,7,8,9);;/q;+1;-1. The van der Waals surface area contributed by atoms with E-state index in [1.807, 2.05) is 0 Å². The van der Waals surface area contributed by atoms with Crippen molar-refractivity contribution >= 4 is 10.3 Å². The molecule has 0 unspecified atom stereocenters. The smallest absolute Gasteiger partial charge is 1.00 e. The molecule has 11 heavy (non-hydrogen) atoms. The largest absolute Gasteiger partial charge is 1.00 e. The van der Waals surface area contributed by atoms with Crippen LogP contribution in [0, 0.1) is 0 Å². The Hall–Kier alpha value is 0.830. The van der Waals surface area contributed by atoms with Crippen molar-refractivity contribution in [2.75, 3.05) is 19.6 Å². The Morgan fingerprint density at radius 1 is 1.64 bits per heavy atom. The number of nitrogens with zero attached hydrogens (tertiary/aromatic N) is 1. The predicted octanol–water partition coefficient (Wildman–Crippen LogP) is -3.81. The number of hydrogen-bond acceptors (Lipinski definition) is 3. The van der Waals surface area contributed by atoms with E-state index in [0.29, 0.717) is 0 Å². The molecule has 0 aromatic rings. The van der Waals surface area contributed by atoms with Gasteiger partial charge in [-0.2, -0.15) is 12.7 Å². The van der Waals surface area contributed by atoms with Crippen molar-refractivity contribution in [2.45, 2.75) is 6.92 Å². The van der Waals surface area contributed by atoms with Crippen LogP contribution < -0.4 is 35.3 Å². The second-order valence-corrected chi connectivity index (χ2v) is 3.17. The molecule has 0 heterocycles. The van der Waals surface area contributed by atoms with Gasteiger partial charge >= 0.3 is 39.9 Å². The van der Waals surface area contributed by atoms with Crippen molar-refractivity contribution in [3.63, 3.8) is 0 Å². The minimum absolute atomic E-state index is 0. The molecule has 7 heteroatoms. The van der Waals surface area contributed by atoms with Crippen LogP contribution in [0.1, 0.15) is 8.35 Å². The van der Waals surface area contributed by atoms with Gasteiger partial charge < -0.3 is 7.16 Å². The van der Waals surface area contributed by atoms with Gasteiger partial charge in [-0.1, -0.05) is 6.92 Å². The number of nitrogens with two attached hydrogens (primary N) is 1. The molecule has 3 N–H and O–H groups in total. The van der Waals surface area contributed by atoms with Gasteiger partial charge in [0.15, 0.2) is 0 Å². The molecule has 0 aliphatic rings. The second kappa shape index (κ2) is 6.36. The topological polar surface area (TPSA) is 83.6 Å². The number of hydrogen-bond donors (Lipinski definition) is 2. The van der Waals surface area contributed by atoms with E-state index in [4.69, 9.17) is 10.3 Å². The third kappa shape index (κ3) is 6.03. The van der Waals surface area contributed by atoms with E-state index in [1.54, 1.807) is 6.92 Å². The third-order valence-corrected chi connectivity index (χ3v) is 2.15. The molecule has 0 rings (SSSR count). The molecule has 0 radical (unpaired) electrons. The zero-order chi connectivity index (χ0) is 8.20. The molecular formula is C4H13N2NaO3S. The maximum atomic E-state index is 10.4. The fraction of sp³-hybridized carbons (Fsp3) is 1.00. The van der Waals surface area contributed by atoms with E-state index < -0.39 is 10.3 Å². The van der Waals surface area contributed by atoms with E-state index in [0.717, 1.165) is 4.31 Å². The molecular weight excluding hydrogens is 179 g/mol. The predicted molar refractivity (Wildman–Crippen MR) is 39.0 cm³/mol. The zero-order valence-corrected chi connectivity index (χ0v) is 9.63. The summed E-state index contributed by atoms with van der Waals surface area (Å²) in [6.45, 7) is 2.25. The van der Waals surface area contributed by atoms with E-state index >= 15 is 0 Å². The Balaban J connectivity index is -0.000000405. The van der Waals surface area contributed by atoms with E-state index in [1.165, 1.54) is 0 Å². The van der Waals surface area contributed by atoms with Crippen LogP contribution in [-0.4, -0.2) is 36.9 Å². The Morgan fingerprint density at radius 3 is 2.18 bits per heavy atom. The van der Waals surface area contributed by atoms with Crippen LogP contribution in [0.25, 0.3) is 0 Å². The molecule has 64 valence electrons. The fourth-order valence-electron chi connectivity index (χ4n) is 0.581. The normalized spacial score (nSPS) is 11.3. The summed E-state index contributed by atoms with van der Waals surface area (Å²) in [5.41, 5.74) is 5.08. The molecule has 0 aliphatic carbocycles. The monoisotopic (exact) mass is 192 g/mol.